The summed E-state index contributed by atoms with van der Waals surface area (Å²) in [5.41, 5.74) is 2.24. The van der Waals surface area contributed by atoms with Crippen LogP contribution in [-0.2, 0) is 11.2 Å². The third-order valence-electron chi connectivity index (χ3n) is 4.59. The molecule has 0 bridgehead atoms. The average Bonchev–Trinajstić information content (AvgIpc) is 3.23. The second-order valence-corrected chi connectivity index (χ2v) is 6.11. The SMILES string of the molecule is CN(CCN(C)C1CC1)C(=O)[C@H]1CCc2cccnc21. The molecule has 2 aliphatic rings. The fourth-order valence-electron chi connectivity index (χ4n) is 3.03. The van der Waals surface area contributed by atoms with Crippen molar-refractivity contribution in [3.05, 3.63) is 29.6 Å². The van der Waals surface area contributed by atoms with E-state index in [2.05, 4.69) is 23.0 Å². The van der Waals surface area contributed by atoms with Crippen molar-refractivity contribution in [1.82, 2.24) is 14.8 Å². The molecule has 1 heterocycles. The van der Waals surface area contributed by atoms with Crippen LogP contribution in [-0.4, -0.2) is 53.9 Å². The van der Waals surface area contributed by atoms with Crippen molar-refractivity contribution in [1.29, 1.82) is 0 Å². The van der Waals surface area contributed by atoms with Crippen LogP contribution in [0.25, 0.3) is 0 Å². The van der Waals surface area contributed by atoms with Gasteiger partial charge in [0.1, 0.15) is 0 Å². The maximum atomic E-state index is 12.6. The van der Waals surface area contributed by atoms with Gasteiger partial charge < -0.3 is 9.80 Å². The first-order valence-electron chi connectivity index (χ1n) is 7.56. The van der Waals surface area contributed by atoms with Gasteiger partial charge >= 0.3 is 0 Å². The van der Waals surface area contributed by atoms with Crippen molar-refractivity contribution >= 4 is 5.91 Å². The van der Waals surface area contributed by atoms with E-state index in [0.717, 1.165) is 37.7 Å². The third-order valence-corrected chi connectivity index (χ3v) is 4.59. The van der Waals surface area contributed by atoms with Gasteiger partial charge in [0.15, 0.2) is 0 Å². The summed E-state index contributed by atoms with van der Waals surface area (Å²) in [5, 5.41) is 0. The van der Waals surface area contributed by atoms with Crippen LogP contribution in [0.15, 0.2) is 18.3 Å². The summed E-state index contributed by atoms with van der Waals surface area (Å²) >= 11 is 0. The van der Waals surface area contributed by atoms with Crippen molar-refractivity contribution in [2.45, 2.75) is 37.6 Å². The Morgan fingerprint density at radius 2 is 2.10 bits per heavy atom. The van der Waals surface area contributed by atoms with E-state index < -0.39 is 0 Å². The van der Waals surface area contributed by atoms with Crippen LogP contribution in [0.2, 0.25) is 0 Å². The number of rotatable bonds is 5. The maximum absolute atomic E-state index is 12.6. The summed E-state index contributed by atoms with van der Waals surface area (Å²) < 4.78 is 0. The number of aromatic nitrogens is 1. The molecule has 1 atom stereocenters. The lowest BCUT2D eigenvalue weighted by Crippen LogP contribution is -2.37. The van der Waals surface area contributed by atoms with E-state index in [9.17, 15) is 4.79 Å². The number of hydrogen-bond donors (Lipinski definition) is 0. The Labute approximate surface area is 120 Å². The Morgan fingerprint density at radius 1 is 1.30 bits per heavy atom. The van der Waals surface area contributed by atoms with E-state index in [-0.39, 0.29) is 11.8 Å². The Bertz CT molecular complexity index is 498. The summed E-state index contributed by atoms with van der Waals surface area (Å²) in [6, 6.07) is 4.81. The standard InChI is InChI=1S/C16H23N3O/c1-18(13-6-7-13)10-11-19(2)16(20)14-8-5-12-4-3-9-17-15(12)14/h3-4,9,13-14H,5-8,10-11H2,1-2H3/t14-/m0/s1. The first-order chi connectivity index (χ1) is 9.66. The minimum atomic E-state index is -0.0255. The molecule has 0 aromatic carbocycles. The van der Waals surface area contributed by atoms with Crippen LogP contribution in [0.4, 0.5) is 0 Å². The van der Waals surface area contributed by atoms with Gasteiger partial charge in [-0.1, -0.05) is 6.07 Å². The molecule has 0 N–H and O–H groups in total. The topological polar surface area (TPSA) is 36.4 Å². The van der Waals surface area contributed by atoms with Crippen molar-refractivity contribution in [3.63, 3.8) is 0 Å². The van der Waals surface area contributed by atoms with E-state index in [1.807, 2.05) is 18.0 Å². The van der Waals surface area contributed by atoms with Crippen molar-refractivity contribution < 1.29 is 4.79 Å². The number of carbonyl (C=O) groups excluding carboxylic acids is 1. The predicted octanol–water partition coefficient (Wildman–Crippen LogP) is 1.66. The van der Waals surface area contributed by atoms with Gasteiger partial charge in [-0.15, -0.1) is 0 Å². The minimum absolute atomic E-state index is 0.0255. The molecular weight excluding hydrogens is 250 g/mol. The average molecular weight is 273 g/mol. The Morgan fingerprint density at radius 3 is 2.85 bits per heavy atom. The number of nitrogens with zero attached hydrogens (tertiary/aromatic N) is 3. The molecule has 0 radical (unpaired) electrons. The Kier molecular flexibility index (Phi) is 3.74. The number of aryl methyl sites for hydroxylation is 1. The number of likely N-dealkylation sites (N-methyl/N-ethyl adjacent to an activating group) is 2. The monoisotopic (exact) mass is 273 g/mol. The van der Waals surface area contributed by atoms with Gasteiger partial charge in [0.25, 0.3) is 0 Å². The third kappa shape index (κ3) is 2.70. The highest BCUT2D eigenvalue weighted by Crippen LogP contribution is 2.32. The van der Waals surface area contributed by atoms with Crippen molar-refractivity contribution in [2.24, 2.45) is 0 Å². The molecule has 20 heavy (non-hydrogen) atoms. The molecule has 1 amide bonds. The van der Waals surface area contributed by atoms with E-state index in [0.29, 0.717) is 0 Å². The highest BCUT2D eigenvalue weighted by molar-refractivity contribution is 5.84. The zero-order valence-electron chi connectivity index (χ0n) is 12.4. The lowest BCUT2D eigenvalue weighted by molar-refractivity contribution is -0.131. The van der Waals surface area contributed by atoms with Crippen LogP contribution >= 0.6 is 0 Å². The number of amides is 1. The highest BCUT2D eigenvalue weighted by atomic mass is 16.2. The van der Waals surface area contributed by atoms with E-state index in [1.54, 1.807) is 6.20 Å². The predicted molar refractivity (Wildman–Crippen MR) is 78.6 cm³/mol. The Hall–Kier alpha value is -1.42. The number of fused-ring (bicyclic) bond motifs is 1. The van der Waals surface area contributed by atoms with Gasteiger partial charge in [0.2, 0.25) is 5.91 Å². The van der Waals surface area contributed by atoms with E-state index in [4.69, 9.17) is 0 Å². The molecule has 4 nitrogen and oxygen atoms in total. The van der Waals surface area contributed by atoms with Gasteiger partial charge in [-0.3, -0.25) is 9.78 Å². The summed E-state index contributed by atoms with van der Waals surface area (Å²) in [6.07, 6.45) is 6.32. The number of hydrogen-bond acceptors (Lipinski definition) is 3. The minimum Gasteiger partial charge on any atom is -0.344 e. The van der Waals surface area contributed by atoms with Gasteiger partial charge in [-0.05, 0) is 44.4 Å². The van der Waals surface area contributed by atoms with Crippen molar-refractivity contribution in [3.8, 4) is 0 Å². The lowest BCUT2D eigenvalue weighted by Gasteiger charge is -2.24. The molecule has 2 aliphatic carbocycles. The summed E-state index contributed by atoms with van der Waals surface area (Å²) in [5.74, 6) is 0.203. The van der Waals surface area contributed by atoms with Gasteiger partial charge in [-0.2, -0.15) is 0 Å². The molecule has 0 saturated heterocycles. The van der Waals surface area contributed by atoms with Crippen LogP contribution < -0.4 is 0 Å². The fourth-order valence-corrected chi connectivity index (χ4v) is 3.03. The number of carbonyl (C=O) groups is 1. The van der Waals surface area contributed by atoms with Gasteiger partial charge in [0, 0.05) is 32.4 Å². The largest absolute Gasteiger partial charge is 0.344 e. The first-order valence-corrected chi connectivity index (χ1v) is 7.56. The van der Waals surface area contributed by atoms with Crippen LogP contribution in [0.3, 0.4) is 0 Å². The molecule has 0 unspecified atom stereocenters. The lowest BCUT2D eigenvalue weighted by atomic mass is 10.1. The fraction of sp³-hybridized carbons (Fsp3) is 0.625. The second kappa shape index (κ2) is 5.52. The van der Waals surface area contributed by atoms with Crippen molar-refractivity contribution in [2.75, 3.05) is 27.2 Å². The zero-order chi connectivity index (χ0) is 14.1. The normalized spacial score (nSPS) is 21.1. The summed E-state index contributed by atoms with van der Waals surface area (Å²) in [4.78, 5) is 21.2. The second-order valence-electron chi connectivity index (χ2n) is 6.11. The molecule has 1 saturated carbocycles. The molecule has 0 spiro atoms. The molecule has 4 heteroatoms. The van der Waals surface area contributed by atoms with Crippen LogP contribution in [0.1, 0.15) is 36.4 Å². The molecule has 1 fully saturated rings. The smallest absolute Gasteiger partial charge is 0.231 e. The van der Waals surface area contributed by atoms with Gasteiger partial charge in [-0.25, -0.2) is 0 Å². The quantitative estimate of drug-likeness (QED) is 0.819. The van der Waals surface area contributed by atoms with Crippen LogP contribution in [0.5, 0.6) is 0 Å². The van der Waals surface area contributed by atoms with E-state index in [1.165, 1.54) is 18.4 Å². The molecule has 1 aromatic heterocycles. The van der Waals surface area contributed by atoms with Gasteiger partial charge in [0.05, 0.1) is 11.6 Å². The molecule has 1 aromatic rings. The maximum Gasteiger partial charge on any atom is 0.231 e. The zero-order valence-corrected chi connectivity index (χ0v) is 12.4. The first kappa shape index (κ1) is 13.6. The Balaban J connectivity index is 1.58. The summed E-state index contributed by atoms with van der Waals surface area (Å²) in [7, 11) is 4.08. The highest BCUT2D eigenvalue weighted by Gasteiger charge is 2.32. The molecular formula is C16H23N3O. The van der Waals surface area contributed by atoms with Crippen LogP contribution in [0, 0.1) is 0 Å². The summed E-state index contributed by atoms with van der Waals surface area (Å²) in [6.45, 7) is 1.78. The molecule has 108 valence electrons. The molecule has 3 rings (SSSR count). The molecule has 0 aliphatic heterocycles. The number of pyridine rings is 1. The van der Waals surface area contributed by atoms with E-state index >= 15 is 0 Å².